The van der Waals surface area contributed by atoms with E-state index in [2.05, 4.69) is 4.98 Å². The Hall–Kier alpha value is -2.10. The quantitative estimate of drug-likeness (QED) is 0.865. The monoisotopic (exact) mass is 233 g/mol. The Kier molecular flexibility index (Phi) is 2.95. The average molecular weight is 233 g/mol. The van der Waals surface area contributed by atoms with Gasteiger partial charge in [-0.15, -0.1) is 0 Å². The van der Waals surface area contributed by atoms with Crippen molar-refractivity contribution in [2.24, 2.45) is 0 Å². The van der Waals surface area contributed by atoms with Crippen molar-refractivity contribution in [2.75, 3.05) is 7.11 Å². The topological polar surface area (TPSA) is 42.1 Å². The predicted molar refractivity (Wildman–Crippen MR) is 63.7 cm³/mol. The molecule has 0 aliphatic rings. The Morgan fingerprint density at radius 1 is 1.29 bits per heavy atom. The van der Waals surface area contributed by atoms with E-state index in [9.17, 15) is 9.18 Å². The van der Waals surface area contributed by atoms with Crippen molar-refractivity contribution in [3.63, 3.8) is 0 Å². The first kappa shape index (κ1) is 11.4. The Morgan fingerprint density at radius 2 is 2.06 bits per heavy atom. The van der Waals surface area contributed by atoms with Gasteiger partial charge in [0.25, 0.3) is 5.56 Å². The van der Waals surface area contributed by atoms with Gasteiger partial charge in [0.05, 0.1) is 7.11 Å². The summed E-state index contributed by atoms with van der Waals surface area (Å²) in [5.41, 5.74) is 1.77. The van der Waals surface area contributed by atoms with Gasteiger partial charge in [-0.3, -0.25) is 4.79 Å². The maximum absolute atomic E-state index is 13.2. The molecule has 0 spiro atoms. The number of halogens is 1. The Morgan fingerprint density at radius 3 is 2.71 bits per heavy atom. The highest BCUT2D eigenvalue weighted by Gasteiger charge is 2.08. The minimum Gasteiger partial charge on any atom is -0.496 e. The standard InChI is InChI=1S/C13H12FNO2/c1-8-5-9(7-15-13(8)16)11-6-10(14)3-4-12(11)17-2/h3-7H,1-2H3,(H,15,16). The SMILES string of the molecule is COc1ccc(F)cc1-c1c[nH]c(=O)c(C)c1. The number of rotatable bonds is 2. The molecular weight excluding hydrogens is 221 g/mol. The van der Waals surface area contributed by atoms with Crippen LogP contribution in [-0.4, -0.2) is 12.1 Å². The van der Waals surface area contributed by atoms with Gasteiger partial charge in [-0.1, -0.05) is 0 Å². The van der Waals surface area contributed by atoms with Crippen LogP contribution in [0.4, 0.5) is 4.39 Å². The number of hydrogen-bond acceptors (Lipinski definition) is 2. The van der Waals surface area contributed by atoms with Gasteiger partial charge >= 0.3 is 0 Å². The van der Waals surface area contributed by atoms with E-state index in [0.717, 1.165) is 5.56 Å². The highest BCUT2D eigenvalue weighted by molar-refractivity contribution is 5.70. The van der Waals surface area contributed by atoms with Gasteiger partial charge < -0.3 is 9.72 Å². The van der Waals surface area contributed by atoms with Crippen LogP contribution >= 0.6 is 0 Å². The number of aryl methyl sites for hydroxylation is 1. The van der Waals surface area contributed by atoms with Gasteiger partial charge in [0.2, 0.25) is 0 Å². The van der Waals surface area contributed by atoms with Crippen molar-refractivity contribution in [3.8, 4) is 16.9 Å². The minimum absolute atomic E-state index is 0.149. The molecule has 1 heterocycles. The molecule has 1 aromatic carbocycles. The van der Waals surface area contributed by atoms with Crippen molar-refractivity contribution in [1.82, 2.24) is 4.98 Å². The molecule has 0 fully saturated rings. The largest absolute Gasteiger partial charge is 0.496 e. The molecule has 0 atom stereocenters. The number of pyridine rings is 1. The van der Waals surface area contributed by atoms with Crippen LogP contribution < -0.4 is 10.3 Å². The minimum atomic E-state index is -0.343. The van der Waals surface area contributed by atoms with E-state index in [-0.39, 0.29) is 11.4 Å². The zero-order chi connectivity index (χ0) is 12.4. The molecule has 88 valence electrons. The summed E-state index contributed by atoms with van der Waals surface area (Å²) < 4.78 is 18.4. The molecule has 1 N–H and O–H groups in total. The second-order valence-corrected chi connectivity index (χ2v) is 3.75. The van der Waals surface area contributed by atoms with Crippen molar-refractivity contribution < 1.29 is 9.13 Å². The lowest BCUT2D eigenvalue weighted by Crippen LogP contribution is -2.08. The van der Waals surface area contributed by atoms with Gasteiger partial charge in [0, 0.05) is 22.9 Å². The Balaban J connectivity index is 2.62. The summed E-state index contributed by atoms with van der Waals surface area (Å²) in [7, 11) is 1.52. The first-order valence-corrected chi connectivity index (χ1v) is 5.15. The van der Waals surface area contributed by atoms with Crippen molar-refractivity contribution in [2.45, 2.75) is 6.92 Å². The zero-order valence-corrected chi connectivity index (χ0v) is 9.58. The van der Waals surface area contributed by atoms with Crippen LogP contribution in [0.5, 0.6) is 5.75 Å². The zero-order valence-electron chi connectivity index (χ0n) is 9.58. The first-order valence-electron chi connectivity index (χ1n) is 5.15. The highest BCUT2D eigenvalue weighted by atomic mass is 19.1. The highest BCUT2D eigenvalue weighted by Crippen LogP contribution is 2.29. The number of nitrogens with one attached hydrogen (secondary N) is 1. The maximum atomic E-state index is 13.2. The first-order chi connectivity index (χ1) is 8.11. The number of methoxy groups -OCH3 is 1. The molecule has 17 heavy (non-hydrogen) atoms. The van der Waals surface area contributed by atoms with Crippen LogP contribution in [-0.2, 0) is 0 Å². The molecule has 0 unspecified atom stereocenters. The van der Waals surface area contributed by atoms with Crippen molar-refractivity contribution in [3.05, 3.63) is 52.2 Å². The third-order valence-electron chi connectivity index (χ3n) is 2.56. The van der Waals surface area contributed by atoms with E-state index in [1.54, 1.807) is 25.3 Å². The fourth-order valence-corrected chi connectivity index (χ4v) is 1.66. The Labute approximate surface area is 97.9 Å². The number of hydrogen-bond donors (Lipinski definition) is 1. The van der Waals surface area contributed by atoms with E-state index >= 15 is 0 Å². The fraction of sp³-hybridized carbons (Fsp3) is 0.154. The second kappa shape index (κ2) is 4.41. The lowest BCUT2D eigenvalue weighted by Gasteiger charge is -2.08. The fourth-order valence-electron chi connectivity index (χ4n) is 1.66. The summed E-state index contributed by atoms with van der Waals surface area (Å²) in [6.45, 7) is 1.70. The summed E-state index contributed by atoms with van der Waals surface area (Å²) in [5.74, 6) is 0.225. The third kappa shape index (κ3) is 2.20. The molecule has 3 nitrogen and oxygen atoms in total. The molecule has 1 aromatic heterocycles. The lowest BCUT2D eigenvalue weighted by molar-refractivity contribution is 0.415. The van der Waals surface area contributed by atoms with Crippen LogP contribution in [0.15, 0.2) is 35.3 Å². The molecule has 4 heteroatoms. The number of aromatic nitrogens is 1. The van der Waals surface area contributed by atoms with Crippen molar-refractivity contribution >= 4 is 0 Å². The molecule has 0 aliphatic carbocycles. The maximum Gasteiger partial charge on any atom is 0.250 e. The van der Waals surface area contributed by atoms with Crippen LogP contribution in [0, 0.1) is 12.7 Å². The van der Waals surface area contributed by atoms with Crippen LogP contribution in [0.3, 0.4) is 0 Å². The van der Waals surface area contributed by atoms with Crippen LogP contribution in [0.1, 0.15) is 5.56 Å². The smallest absolute Gasteiger partial charge is 0.250 e. The van der Waals surface area contributed by atoms with E-state index in [1.807, 2.05) is 0 Å². The molecular formula is C13H12FNO2. The summed E-state index contributed by atoms with van der Waals surface area (Å²) in [5, 5.41) is 0. The van der Waals surface area contributed by atoms with E-state index < -0.39 is 0 Å². The molecule has 0 aliphatic heterocycles. The van der Waals surface area contributed by atoms with Gasteiger partial charge in [-0.25, -0.2) is 4.39 Å². The lowest BCUT2D eigenvalue weighted by atomic mass is 10.1. The molecule has 2 rings (SSSR count). The summed E-state index contributed by atoms with van der Waals surface area (Å²) >= 11 is 0. The van der Waals surface area contributed by atoms with E-state index in [1.165, 1.54) is 19.2 Å². The number of aromatic amines is 1. The number of H-pyrrole nitrogens is 1. The molecule has 0 saturated heterocycles. The van der Waals surface area contributed by atoms with Gasteiger partial charge in [-0.05, 0) is 31.2 Å². The van der Waals surface area contributed by atoms with Crippen LogP contribution in [0.25, 0.3) is 11.1 Å². The molecule has 2 aromatic rings. The third-order valence-corrected chi connectivity index (χ3v) is 2.56. The number of benzene rings is 1. The van der Waals surface area contributed by atoms with Crippen LogP contribution in [0.2, 0.25) is 0 Å². The van der Waals surface area contributed by atoms with E-state index in [4.69, 9.17) is 4.74 Å². The summed E-state index contributed by atoms with van der Waals surface area (Å²) in [6.07, 6.45) is 1.55. The Bertz CT molecular complexity index is 605. The van der Waals surface area contributed by atoms with Gasteiger partial charge in [0.1, 0.15) is 11.6 Å². The summed E-state index contributed by atoms with van der Waals surface area (Å²) in [6, 6.07) is 5.98. The van der Waals surface area contributed by atoms with Gasteiger partial charge in [-0.2, -0.15) is 0 Å². The summed E-state index contributed by atoms with van der Waals surface area (Å²) in [4.78, 5) is 13.9. The predicted octanol–water partition coefficient (Wildman–Crippen LogP) is 2.50. The molecule has 0 amide bonds. The average Bonchev–Trinajstić information content (AvgIpc) is 2.32. The van der Waals surface area contributed by atoms with E-state index in [0.29, 0.717) is 16.9 Å². The molecule has 0 radical (unpaired) electrons. The molecule has 0 bridgehead atoms. The molecule has 0 saturated carbocycles. The number of ether oxygens (including phenoxy) is 1. The van der Waals surface area contributed by atoms with Gasteiger partial charge in [0.15, 0.2) is 0 Å². The van der Waals surface area contributed by atoms with Crippen molar-refractivity contribution in [1.29, 1.82) is 0 Å². The second-order valence-electron chi connectivity index (χ2n) is 3.75. The normalized spacial score (nSPS) is 10.3.